The van der Waals surface area contributed by atoms with Crippen LogP contribution in [0.5, 0.6) is 0 Å². The summed E-state index contributed by atoms with van der Waals surface area (Å²) in [5.41, 5.74) is 0. The SMILES string of the molecule is CCCCNC(=O)CSc1n[nH]c(CCC2CCCC2)n1. The summed E-state index contributed by atoms with van der Waals surface area (Å²) in [6, 6.07) is 0. The molecule has 0 spiro atoms. The van der Waals surface area contributed by atoms with E-state index in [0.717, 1.165) is 37.5 Å². The highest BCUT2D eigenvalue weighted by molar-refractivity contribution is 7.99. The molecule has 0 unspecified atom stereocenters. The largest absolute Gasteiger partial charge is 0.355 e. The summed E-state index contributed by atoms with van der Waals surface area (Å²) in [6.07, 6.45) is 9.81. The molecule has 0 radical (unpaired) electrons. The maximum absolute atomic E-state index is 11.6. The Kier molecular flexibility index (Phi) is 7.06. The van der Waals surface area contributed by atoms with Crippen LogP contribution in [0.15, 0.2) is 5.16 Å². The van der Waals surface area contributed by atoms with Gasteiger partial charge in [0.2, 0.25) is 11.1 Å². The molecule has 5 nitrogen and oxygen atoms in total. The Morgan fingerprint density at radius 2 is 2.24 bits per heavy atom. The van der Waals surface area contributed by atoms with Crippen molar-refractivity contribution in [3.63, 3.8) is 0 Å². The van der Waals surface area contributed by atoms with Gasteiger partial charge < -0.3 is 5.32 Å². The fraction of sp³-hybridized carbons (Fsp3) is 0.800. The van der Waals surface area contributed by atoms with E-state index in [-0.39, 0.29) is 5.91 Å². The Balaban J connectivity index is 1.64. The standard InChI is InChI=1S/C15H26N4OS/c1-2-3-10-16-14(20)11-21-15-17-13(18-19-15)9-8-12-6-4-5-7-12/h12H,2-11H2,1H3,(H,16,20)(H,17,18,19). The normalized spacial score (nSPS) is 15.5. The lowest BCUT2D eigenvalue weighted by molar-refractivity contribution is -0.118. The molecule has 0 saturated heterocycles. The van der Waals surface area contributed by atoms with Crippen LogP contribution >= 0.6 is 11.8 Å². The van der Waals surface area contributed by atoms with Crippen molar-refractivity contribution < 1.29 is 4.79 Å². The van der Waals surface area contributed by atoms with Gasteiger partial charge in [0.1, 0.15) is 5.82 Å². The quantitative estimate of drug-likeness (QED) is 0.543. The molecule has 1 aliphatic rings. The van der Waals surface area contributed by atoms with E-state index in [4.69, 9.17) is 0 Å². The highest BCUT2D eigenvalue weighted by Crippen LogP contribution is 2.28. The Labute approximate surface area is 131 Å². The molecule has 1 fully saturated rings. The van der Waals surface area contributed by atoms with E-state index in [2.05, 4.69) is 27.4 Å². The zero-order valence-corrected chi connectivity index (χ0v) is 13.7. The Morgan fingerprint density at radius 3 is 3.00 bits per heavy atom. The fourth-order valence-corrected chi connectivity index (χ4v) is 3.33. The molecular formula is C15H26N4OS. The van der Waals surface area contributed by atoms with Crippen molar-refractivity contribution in [3.8, 4) is 0 Å². The Morgan fingerprint density at radius 1 is 1.43 bits per heavy atom. The van der Waals surface area contributed by atoms with Gasteiger partial charge in [0, 0.05) is 13.0 Å². The number of hydrogen-bond donors (Lipinski definition) is 2. The van der Waals surface area contributed by atoms with Crippen LogP contribution in [0.3, 0.4) is 0 Å². The molecular weight excluding hydrogens is 284 g/mol. The zero-order valence-electron chi connectivity index (χ0n) is 12.9. The van der Waals surface area contributed by atoms with Gasteiger partial charge in [-0.15, -0.1) is 5.10 Å². The molecule has 1 saturated carbocycles. The van der Waals surface area contributed by atoms with Gasteiger partial charge in [-0.25, -0.2) is 4.98 Å². The van der Waals surface area contributed by atoms with Gasteiger partial charge in [-0.3, -0.25) is 9.89 Å². The number of thioether (sulfide) groups is 1. The van der Waals surface area contributed by atoms with E-state index in [9.17, 15) is 4.79 Å². The number of carbonyl (C=O) groups is 1. The van der Waals surface area contributed by atoms with E-state index in [1.54, 1.807) is 0 Å². The van der Waals surface area contributed by atoms with Crippen molar-refractivity contribution in [2.45, 2.75) is 63.4 Å². The number of carbonyl (C=O) groups excluding carboxylic acids is 1. The van der Waals surface area contributed by atoms with Gasteiger partial charge in [0.15, 0.2) is 0 Å². The van der Waals surface area contributed by atoms with Crippen LogP contribution in [0.1, 0.15) is 57.7 Å². The molecule has 1 aromatic rings. The number of rotatable bonds is 9. The predicted octanol–water partition coefficient (Wildman–Crippen LogP) is 2.94. The number of aromatic amines is 1. The van der Waals surface area contributed by atoms with Crippen molar-refractivity contribution in [1.29, 1.82) is 0 Å². The summed E-state index contributed by atoms with van der Waals surface area (Å²) < 4.78 is 0. The van der Waals surface area contributed by atoms with Gasteiger partial charge in [-0.05, 0) is 18.8 Å². The van der Waals surface area contributed by atoms with E-state index in [1.165, 1.54) is 43.9 Å². The van der Waals surface area contributed by atoms with Crippen LogP contribution in [-0.2, 0) is 11.2 Å². The van der Waals surface area contributed by atoms with Gasteiger partial charge in [-0.2, -0.15) is 0 Å². The summed E-state index contributed by atoms with van der Waals surface area (Å²) in [5, 5.41) is 10.7. The predicted molar refractivity (Wildman–Crippen MR) is 85.3 cm³/mol. The second-order valence-electron chi connectivity index (χ2n) is 5.75. The zero-order chi connectivity index (χ0) is 14.9. The highest BCUT2D eigenvalue weighted by Gasteiger charge is 2.15. The molecule has 0 bridgehead atoms. The molecule has 2 rings (SSSR count). The molecule has 1 aromatic heterocycles. The van der Waals surface area contributed by atoms with Crippen molar-refractivity contribution in [1.82, 2.24) is 20.5 Å². The van der Waals surface area contributed by atoms with Crippen LogP contribution in [0.2, 0.25) is 0 Å². The number of nitrogens with one attached hydrogen (secondary N) is 2. The number of hydrogen-bond acceptors (Lipinski definition) is 4. The van der Waals surface area contributed by atoms with Crippen LogP contribution in [-0.4, -0.2) is 33.4 Å². The molecule has 0 aromatic carbocycles. The lowest BCUT2D eigenvalue weighted by Gasteiger charge is -2.05. The summed E-state index contributed by atoms with van der Waals surface area (Å²) in [5.74, 6) is 2.28. The van der Waals surface area contributed by atoms with Gasteiger partial charge in [0.05, 0.1) is 5.75 Å². The monoisotopic (exact) mass is 310 g/mol. The first-order valence-corrected chi connectivity index (χ1v) is 9.07. The van der Waals surface area contributed by atoms with Crippen LogP contribution < -0.4 is 5.32 Å². The molecule has 0 atom stereocenters. The minimum atomic E-state index is 0.0609. The first kappa shape index (κ1) is 16.3. The number of amides is 1. The number of aromatic nitrogens is 3. The topological polar surface area (TPSA) is 70.7 Å². The van der Waals surface area contributed by atoms with E-state index >= 15 is 0 Å². The molecule has 118 valence electrons. The second-order valence-corrected chi connectivity index (χ2v) is 6.69. The Hall–Kier alpha value is -1.04. The number of unbranched alkanes of at least 4 members (excludes halogenated alkanes) is 1. The third-order valence-corrected chi connectivity index (χ3v) is 4.81. The second kappa shape index (κ2) is 9.07. The van der Waals surface area contributed by atoms with Crippen molar-refractivity contribution in [2.75, 3.05) is 12.3 Å². The summed E-state index contributed by atoms with van der Waals surface area (Å²) in [6.45, 7) is 2.87. The van der Waals surface area contributed by atoms with Crippen LogP contribution in [0, 0.1) is 5.92 Å². The minimum absolute atomic E-state index is 0.0609. The van der Waals surface area contributed by atoms with Crippen molar-refractivity contribution >= 4 is 17.7 Å². The smallest absolute Gasteiger partial charge is 0.230 e. The fourth-order valence-electron chi connectivity index (χ4n) is 2.68. The summed E-state index contributed by atoms with van der Waals surface area (Å²) in [7, 11) is 0. The van der Waals surface area contributed by atoms with Gasteiger partial charge >= 0.3 is 0 Å². The first-order chi connectivity index (χ1) is 10.3. The molecule has 1 aliphatic carbocycles. The van der Waals surface area contributed by atoms with Gasteiger partial charge in [-0.1, -0.05) is 50.8 Å². The Bertz CT molecular complexity index is 429. The van der Waals surface area contributed by atoms with E-state index < -0.39 is 0 Å². The minimum Gasteiger partial charge on any atom is -0.355 e. The highest BCUT2D eigenvalue weighted by atomic mass is 32.2. The first-order valence-electron chi connectivity index (χ1n) is 8.08. The molecule has 1 heterocycles. The number of H-pyrrole nitrogens is 1. The molecule has 1 amide bonds. The molecule has 6 heteroatoms. The number of nitrogens with zero attached hydrogens (tertiary/aromatic N) is 2. The average molecular weight is 310 g/mol. The lowest BCUT2D eigenvalue weighted by atomic mass is 10.0. The third-order valence-electron chi connectivity index (χ3n) is 3.96. The summed E-state index contributed by atoms with van der Waals surface area (Å²) >= 11 is 1.40. The van der Waals surface area contributed by atoms with Crippen LogP contribution in [0.4, 0.5) is 0 Å². The summed E-state index contributed by atoms with van der Waals surface area (Å²) in [4.78, 5) is 16.1. The average Bonchev–Trinajstić information content (AvgIpc) is 3.15. The third kappa shape index (κ3) is 6.08. The molecule has 0 aliphatic heterocycles. The lowest BCUT2D eigenvalue weighted by Crippen LogP contribution is -2.26. The van der Waals surface area contributed by atoms with Crippen LogP contribution in [0.25, 0.3) is 0 Å². The van der Waals surface area contributed by atoms with Crippen molar-refractivity contribution in [3.05, 3.63) is 5.82 Å². The molecule has 21 heavy (non-hydrogen) atoms. The van der Waals surface area contributed by atoms with E-state index in [1.807, 2.05) is 0 Å². The maximum atomic E-state index is 11.6. The van der Waals surface area contributed by atoms with E-state index in [0.29, 0.717) is 10.9 Å². The van der Waals surface area contributed by atoms with Gasteiger partial charge in [0.25, 0.3) is 0 Å². The maximum Gasteiger partial charge on any atom is 0.230 e. The van der Waals surface area contributed by atoms with Crippen molar-refractivity contribution in [2.24, 2.45) is 5.92 Å². The number of aryl methyl sites for hydroxylation is 1. The molecule has 2 N–H and O–H groups in total.